The normalized spacial score (nSPS) is 58.1. The fourth-order valence-corrected chi connectivity index (χ4v) is 6.99. The second-order valence-electron chi connectivity index (χ2n) is 6.00. The molecule has 4 heteroatoms. The highest BCUT2D eigenvalue weighted by Crippen LogP contribution is 2.62. The van der Waals surface area contributed by atoms with Crippen molar-refractivity contribution >= 4 is 63.7 Å². The molecule has 2 saturated carbocycles. The van der Waals surface area contributed by atoms with Gasteiger partial charge < -0.3 is 0 Å². The summed E-state index contributed by atoms with van der Waals surface area (Å²) in [6.45, 7) is 4.96. The molecular formula is C12H18Br4. The molecule has 0 aromatic carbocycles. The van der Waals surface area contributed by atoms with Crippen LogP contribution in [-0.4, -0.2) is 19.3 Å². The zero-order valence-electron chi connectivity index (χ0n) is 9.65. The van der Waals surface area contributed by atoms with Gasteiger partial charge in [-0.2, -0.15) is 0 Å². The standard InChI is InChI=1S/C12H18Br4/c1-11-3-7(13)9(15)5-12(11,2)6-10(16)8(14)4-11/h7-10H,3-6H2,1-2H3/t7-,8+,9+,10-,11?,12?. The summed E-state index contributed by atoms with van der Waals surface area (Å²) in [5, 5.41) is 0. The van der Waals surface area contributed by atoms with Crippen LogP contribution in [-0.2, 0) is 0 Å². The van der Waals surface area contributed by atoms with E-state index in [0.29, 0.717) is 30.1 Å². The maximum atomic E-state index is 3.84. The molecule has 0 spiro atoms. The Labute approximate surface area is 132 Å². The van der Waals surface area contributed by atoms with Crippen molar-refractivity contribution in [1.29, 1.82) is 0 Å². The van der Waals surface area contributed by atoms with Crippen LogP contribution < -0.4 is 0 Å². The molecule has 0 amide bonds. The molecule has 0 aliphatic heterocycles. The van der Waals surface area contributed by atoms with E-state index in [0.717, 1.165) is 0 Å². The van der Waals surface area contributed by atoms with Crippen LogP contribution in [0.1, 0.15) is 39.5 Å². The molecule has 0 saturated heterocycles. The van der Waals surface area contributed by atoms with Gasteiger partial charge in [0.15, 0.2) is 0 Å². The zero-order valence-corrected chi connectivity index (χ0v) is 16.0. The Morgan fingerprint density at radius 3 is 1.00 bits per heavy atom. The van der Waals surface area contributed by atoms with E-state index < -0.39 is 0 Å². The molecule has 0 aromatic heterocycles. The molecule has 0 radical (unpaired) electrons. The first-order chi connectivity index (χ1) is 7.27. The van der Waals surface area contributed by atoms with Gasteiger partial charge >= 0.3 is 0 Å². The molecule has 2 aliphatic rings. The summed E-state index contributed by atoms with van der Waals surface area (Å²) in [6.07, 6.45) is 5.12. The highest BCUT2D eigenvalue weighted by atomic mass is 79.9. The summed E-state index contributed by atoms with van der Waals surface area (Å²) < 4.78 is 0. The molecule has 2 rings (SSSR count). The van der Waals surface area contributed by atoms with Gasteiger partial charge in [0.05, 0.1) is 0 Å². The molecule has 0 N–H and O–H groups in total. The fraction of sp³-hybridized carbons (Fsp3) is 1.00. The van der Waals surface area contributed by atoms with Crippen LogP contribution in [0, 0.1) is 10.8 Å². The molecular weight excluding hydrogens is 464 g/mol. The predicted molar refractivity (Wildman–Crippen MR) is 85.5 cm³/mol. The monoisotopic (exact) mass is 478 g/mol. The lowest BCUT2D eigenvalue weighted by Gasteiger charge is -2.58. The van der Waals surface area contributed by atoms with Crippen LogP contribution in [0.25, 0.3) is 0 Å². The summed E-state index contributed by atoms with van der Waals surface area (Å²) in [5.41, 5.74) is 0.924. The summed E-state index contributed by atoms with van der Waals surface area (Å²) in [6, 6.07) is 0. The van der Waals surface area contributed by atoms with E-state index in [4.69, 9.17) is 0 Å². The third-order valence-corrected chi connectivity index (χ3v) is 10.1. The molecule has 0 nitrogen and oxygen atoms in total. The molecule has 0 aromatic rings. The first kappa shape index (κ1) is 14.3. The van der Waals surface area contributed by atoms with Crippen LogP contribution in [0.2, 0.25) is 0 Å². The lowest BCUT2D eigenvalue weighted by Crippen LogP contribution is -2.54. The van der Waals surface area contributed by atoms with Crippen molar-refractivity contribution < 1.29 is 0 Å². The van der Waals surface area contributed by atoms with Gasteiger partial charge in [-0.15, -0.1) is 0 Å². The second kappa shape index (κ2) is 4.79. The van der Waals surface area contributed by atoms with Crippen LogP contribution >= 0.6 is 63.7 Å². The van der Waals surface area contributed by atoms with Crippen LogP contribution in [0.4, 0.5) is 0 Å². The minimum absolute atomic E-state index is 0.462. The Morgan fingerprint density at radius 1 is 0.625 bits per heavy atom. The molecule has 0 heterocycles. The van der Waals surface area contributed by atoms with Gasteiger partial charge in [0.25, 0.3) is 0 Å². The van der Waals surface area contributed by atoms with Gasteiger partial charge in [0, 0.05) is 19.3 Å². The van der Waals surface area contributed by atoms with Crippen molar-refractivity contribution in [2.24, 2.45) is 10.8 Å². The van der Waals surface area contributed by atoms with Crippen molar-refractivity contribution in [3.8, 4) is 0 Å². The summed E-state index contributed by atoms with van der Waals surface area (Å²) >= 11 is 15.3. The van der Waals surface area contributed by atoms with E-state index in [9.17, 15) is 0 Å². The highest BCUT2D eigenvalue weighted by molar-refractivity contribution is 9.12. The fourth-order valence-electron chi connectivity index (χ4n) is 3.39. The van der Waals surface area contributed by atoms with Gasteiger partial charge in [0.1, 0.15) is 0 Å². The summed E-state index contributed by atoms with van der Waals surface area (Å²) in [7, 11) is 0. The van der Waals surface area contributed by atoms with Crippen LogP contribution in [0.3, 0.4) is 0 Å². The maximum absolute atomic E-state index is 3.84. The van der Waals surface area contributed by atoms with E-state index >= 15 is 0 Å². The molecule has 2 fully saturated rings. The number of halogens is 4. The average Bonchev–Trinajstić information content (AvgIpc) is 2.12. The van der Waals surface area contributed by atoms with Crippen LogP contribution in [0.5, 0.6) is 0 Å². The topological polar surface area (TPSA) is 0 Å². The van der Waals surface area contributed by atoms with Crippen molar-refractivity contribution in [2.45, 2.75) is 58.8 Å². The first-order valence-corrected chi connectivity index (χ1v) is 9.50. The Balaban J connectivity index is 2.27. The predicted octanol–water partition coefficient (Wildman–Crippen LogP) is 5.64. The summed E-state index contributed by atoms with van der Waals surface area (Å²) in [5.74, 6) is 0. The molecule has 2 aliphatic carbocycles. The van der Waals surface area contributed by atoms with Crippen molar-refractivity contribution in [1.82, 2.24) is 0 Å². The Kier molecular flexibility index (Phi) is 4.29. The maximum Gasteiger partial charge on any atom is 0.0276 e. The smallest absolute Gasteiger partial charge is 0.0276 e. The van der Waals surface area contributed by atoms with Crippen molar-refractivity contribution in [3.05, 3.63) is 0 Å². The van der Waals surface area contributed by atoms with Crippen molar-refractivity contribution in [3.63, 3.8) is 0 Å². The average molecular weight is 482 g/mol. The van der Waals surface area contributed by atoms with E-state index in [1.807, 2.05) is 0 Å². The Morgan fingerprint density at radius 2 is 0.812 bits per heavy atom. The van der Waals surface area contributed by atoms with Gasteiger partial charge in [0.2, 0.25) is 0 Å². The van der Waals surface area contributed by atoms with Gasteiger partial charge in [-0.25, -0.2) is 0 Å². The first-order valence-electron chi connectivity index (χ1n) is 5.84. The number of hydrogen-bond donors (Lipinski definition) is 0. The van der Waals surface area contributed by atoms with Gasteiger partial charge in [-0.05, 0) is 36.5 Å². The third-order valence-electron chi connectivity index (χ3n) is 4.82. The third kappa shape index (κ3) is 2.34. The van der Waals surface area contributed by atoms with Crippen molar-refractivity contribution in [2.75, 3.05) is 0 Å². The second-order valence-corrected chi connectivity index (χ2v) is 10.7. The van der Waals surface area contributed by atoms with E-state index in [-0.39, 0.29) is 0 Å². The van der Waals surface area contributed by atoms with E-state index in [1.165, 1.54) is 25.7 Å². The quantitative estimate of drug-likeness (QED) is 0.393. The highest BCUT2D eigenvalue weighted by Gasteiger charge is 2.55. The lowest BCUT2D eigenvalue weighted by molar-refractivity contribution is -0.0127. The Bertz CT molecular complexity index is 230. The van der Waals surface area contributed by atoms with Crippen LogP contribution in [0.15, 0.2) is 0 Å². The van der Waals surface area contributed by atoms with Gasteiger partial charge in [-0.1, -0.05) is 77.6 Å². The van der Waals surface area contributed by atoms with E-state index in [2.05, 4.69) is 77.6 Å². The number of rotatable bonds is 0. The Hall–Kier alpha value is 1.92. The lowest BCUT2D eigenvalue weighted by atomic mass is 9.52. The zero-order chi connectivity index (χ0) is 12.1. The number of hydrogen-bond acceptors (Lipinski definition) is 0. The molecule has 0 bridgehead atoms. The SMILES string of the molecule is CC12C[C@@H](Br)[C@@H](Br)CC1(C)C[C@@H](Br)[C@@H](Br)C2. The number of fused-ring (bicyclic) bond motifs is 1. The largest absolute Gasteiger partial charge is 0.0878 e. The molecule has 16 heavy (non-hydrogen) atoms. The molecule has 94 valence electrons. The molecule has 6 atom stereocenters. The minimum atomic E-state index is 0.462. The molecule has 2 unspecified atom stereocenters. The van der Waals surface area contributed by atoms with Gasteiger partial charge in [-0.3, -0.25) is 0 Å². The summed E-state index contributed by atoms with van der Waals surface area (Å²) in [4.78, 5) is 2.49. The number of alkyl halides is 4. The minimum Gasteiger partial charge on any atom is -0.0878 e. The van der Waals surface area contributed by atoms with E-state index in [1.54, 1.807) is 0 Å².